The number of aryl methyl sites for hydroxylation is 2. The van der Waals surface area contributed by atoms with E-state index in [0.717, 1.165) is 17.9 Å². The molecule has 0 fully saturated rings. The van der Waals surface area contributed by atoms with Gasteiger partial charge in [-0.25, -0.2) is 0 Å². The molecular formula is C15H21N3. The Morgan fingerprint density at radius 2 is 1.94 bits per heavy atom. The van der Waals surface area contributed by atoms with Crippen LogP contribution in [-0.2, 0) is 20.0 Å². The third-order valence-corrected chi connectivity index (χ3v) is 3.02. The Labute approximate surface area is 109 Å². The fourth-order valence-corrected chi connectivity index (χ4v) is 1.92. The van der Waals surface area contributed by atoms with Crippen LogP contribution in [0.3, 0.4) is 0 Å². The van der Waals surface area contributed by atoms with E-state index in [9.17, 15) is 0 Å². The zero-order valence-electron chi connectivity index (χ0n) is 11.2. The fourth-order valence-electron chi connectivity index (χ4n) is 1.92. The van der Waals surface area contributed by atoms with Gasteiger partial charge in [-0.15, -0.1) is 0 Å². The van der Waals surface area contributed by atoms with Crippen molar-refractivity contribution in [3.63, 3.8) is 0 Å². The van der Waals surface area contributed by atoms with Crippen LogP contribution >= 0.6 is 0 Å². The normalized spacial score (nSPS) is 10.6. The first-order valence-electron chi connectivity index (χ1n) is 6.59. The summed E-state index contributed by atoms with van der Waals surface area (Å²) in [5.74, 6) is 0. The molecule has 0 saturated carbocycles. The molecule has 96 valence electrons. The summed E-state index contributed by atoms with van der Waals surface area (Å²) in [5.41, 5.74) is 3.63. The van der Waals surface area contributed by atoms with Gasteiger partial charge in [0.1, 0.15) is 0 Å². The molecule has 0 aliphatic heterocycles. The highest BCUT2D eigenvalue weighted by atomic mass is 15.3. The second-order valence-corrected chi connectivity index (χ2v) is 4.63. The topological polar surface area (TPSA) is 29.9 Å². The molecule has 0 aliphatic rings. The number of hydrogen-bond acceptors (Lipinski definition) is 2. The van der Waals surface area contributed by atoms with E-state index in [0.29, 0.717) is 0 Å². The van der Waals surface area contributed by atoms with E-state index >= 15 is 0 Å². The second-order valence-electron chi connectivity index (χ2n) is 4.63. The molecule has 1 aromatic carbocycles. The van der Waals surface area contributed by atoms with E-state index in [1.165, 1.54) is 24.8 Å². The average molecular weight is 243 g/mol. The molecule has 3 nitrogen and oxygen atoms in total. The number of rotatable bonds is 6. The largest absolute Gasteiger partial charge is 0.379 e. The summed E-state index contributed by atoms with van der Waals surface area (Å²) in [5, 5.41) is 7.72. The third-order valence-electron chi connectivity index (χ3n) is 3.02. The molecule has 0 spiro atoms. The highest BCUT2D eigenvalue weighted by Crippen LogP contribution is 2.12. The van der Waals surface area contributed by atoms with Gasteiger partial charge in [0, 0.05) is 18.9 Å². The SMILES string of the molecule is CCCCc1ccc(NCc2ccn(C)n2)cc1. The highest BCUT2D eigenvalue weighted by molar-refractivity contribution is 5.44. The summed E-state index contributed by atoms with van der Waals surface area (Å²) >= 11 is 0. The third kappa shape index (κ3) is 3.62. The van der Waals surface area contributed by atoms with E-state index in [2.05, 4.69) is 41.6 Å². The van der Waals surface area contributed by atoms with Crippen LogP contribution in [0.4, 0.5) is 5.69 Å². The summed E-state index contributed by atoms with van der Waals surface area (Å²) in [6.45, 7) is 3.00. The van der Waals surface area contributed by atoms with Gasteiger partial charge in [-0.2, -0.15) is 5.10 Å². The van der Waals surface area contributed by atoms with Crippen molar-refractivity contribution >= 4 is 5.69 Å². The summed E-state index contributed by atoms with van der Waals surface area (Å²) < 4.78 is 1.82. The van der Waals surface area contributed by atoms with Gasteiger partial charge in [0.15, 0.2) is 0 Å². The Morgan fingerprint density at radius 1 is 1.17 bits per heavy atom. The van der Waals surface area contributed by atoms with Crippen LogP contribution in [0.15, 0.2) is 36.5 Å². The summed E-state index contributed by atoms with van der Waals surface area (Å²) in [7, 11) is 1.94. The minimum absolute atomic E-state index is 0.773. The van der Waals surface area contributed by atoms with E-state index in [1.807, 2.05) is 24.0 Å². The van der Waals surface area contributed by atoms with Gasteiger partial charge in [0.25, 0.3) is 0 Å². The van der Waals surface area contributed by atoms with Gasteiger partial charge in [0.05, 0.1) is 12.2 Å². The number of unbranched alkanes of at least 4 members (excludes halogenated alkanes) is 1. The quantitative estimate of drug-likeness (QED) is 0.843. The van der Waals surface area contributed by atoms with Crippen LogP contribution in [0.1, 0.15) is 31.0 Å². The van der Waals surface area contributed by atoms with E-state index < -0.39 is 0 Å². The first kappa shape index (κ1) is 12.7. The second kappa shape index (κ2) is 6.24. The average Bonchev–Trinajstić information content (AvgIpc) is 2.81. The molecule has 0 bridgehead atoms. The number of hydrogen-bond donors (Lipinski definition) is 1. The molecular weight excluding hydrogens is 222 g/mol. The number of benzene rings is 1. The van der Waals surface area contributed by atoms with Crippen LogP contribution in [0.2, 0.25) is 0 Å². The predicted octanol–water partition coefficient (Wildman–Crippen LogP) is 3.37. The zero-order chi connectivity index (χ0) is 12.8. The standard InChI is InChI=1S/C15H21N3/c1-3-4-5-13-6-8-14(9-7-13)16-12-15-10-11-18(2)17-15/h6-11,16H,3-5,12H2,1-2H3. The molecule has 3 heteroatoms. The van der Waals surface area contributed by atoms with Gasteiger partial charge < -0.3 is 5.32 Å². The minimum Gasteiger partial charge on any atom is -0.379 e. The van der Waals surface area contributed by atoms with Gasteiger partial charge in [-0.1, -0.05) is 25.5 Å². The smallest absolute Gasteiger partial charge is 0.0815 e. The lowest BCUT2D eigenvalue weighted by atomic mass is 10.1. The lowest BCUT2D eigenvalue weighted by Crippen LogP contribution is -2.01. The van der Waals surface area contributed by atoms with Crippen LogP contribution in [0.5, 0.6) is 0 Å². The van der Waals surface area contributed by atoms with Crippen LogP contribution in [0.25, 0.3) is 0 Å². The Kier molecular flexibility index (Phi) is 4.40. The van der Waals surface area contributed by atoms with Crippen LogP contribution in [-0.4, -0.2) is 9.78 Å². The molecule has 0 atom stereocenters. The maximum absolute atomic E-state index is 4.34. The number of anilines is 1. The predicted molar refractivity (Wildman–Crippen MR) is 75.6 cm³/mol. The monoisotopic (exact) mass is 243 g/mol. The first-order chi connectivity index (χ1) is 8.78. The molecule has 1 heterocycles. The van der Waals surface area contributed by atoms with Crippen molar-refractivity contribution in [2.45, 2.75) is 32.7 Å². The van der Waals surface area contributed by atoms with Crippen molar-refractivity contribution in [3.05, 3.63) is 47.8 Å². The Bertz CT molecular complexity index is 471. The van der Waals surface area contributed by atoms with Crippen LogP contribution in [0, 0.1) is 0 Å². The number of aromatic nitrogens is 2. The van der Waals surface area contributed by atoms with Crippen molar-refractivity contribution in [1.29, 1.82) is 0 Å². The molecule has 2 aromatic rings. The fraction of sp³-hybridized carbons (Fsp3) is 0.400. The maximum Gasteiger partial charge on any atom is 0.0815 e. The van der Waals surface area contributed by atoms with Crippen molar-refractivity contribution in [2.75, 3.05) is 5.32 Å². The van der Waals surface area contributed by atoms with Crippen molar-refractivity contribution in [3.8, 4) is 0 Å². The Morgan fingerprint density at radius 3 is 2.56 bits per heavy atom. The first-order valence-corrected chi connectivity index (χ1v) is 6.59. The molecule has 18 heavy (non-hydrogen) atoms. The number of nitrogens with zero attached hydrogens (tertiary/aromatic N) is 2. The lowest BCUT2D eigenvalue weighted by molar-refractivity contribution is 0.747. The summed E-state index contributed by atoms with van der Waals surface area (Å²) in [6, 6.07) is 10.7. The molecule has 0 radical (unpaired) electrons. The number of nitrogens with one attached hydrogen (secondary N) is 1. The molecule has 1 N–H and O–H groups in total. The summed E-state index contributed by atoms with van der Waals surface area (Å²) in [4.78, 5) is 0. The van der Waals surface area contributed by atoms with Crippen molar-refractivity contribution in [1.82, 2.24) is 9.78 Å². The maximum atomic E-state index is 4.34. The van der Waals surface area contributed by atoms with Gasteiger partial charge in [-0.05, 0) is 36.6 Å². The molecule has 2 rings (SSSR count). The van der Waals surface area contributed by atoms with E-state index in [1.54, 1.807) is 0 Å². The van der Waals surface area contributed by atoms with Crippen LogP contribution < -0.4 is 5.32 Å². The van der Waals surface area contributed by atoms with Gasteiger partial charge >= 0.3 is 0 Å². The van der Waals surface area contributed by atoms with Crippen molar-refractivity contribution in [2.24, 2.45) is 7.05 Å². The summed E-state index contributed by atoms with van der Waals surface area (Å²) in [6.07, 6.45) is 5.66. The molecule has 1 aromatic heterocycles. The lowest BCUT2D eigenvalue weighted by Gasteiger charge is -2.06. The molecule has 0 saturated heterocycles. The van der Waals surface area contributed by atoms with E-state index in [4.69, 9.17) is 0 Å². The van der Waals surface area contributed by atoms with Gasteiger partial charge in [0.2, 0.25) is 0 Å². The van der Waals surface area contributed by atoms with Crippen molar-refractivity contribution < 1.29 is 0 Å². The Hall–Kier alpha value is -1.77. The molecule has 0 amide bonds. The van der Waals surface area contributed by atoms with Gasteiger partial charge in [-0.3, -0.25) is 4.68 Å². The minimum atomic E-state index is 0.773. The molecule has 0 unspecified atom stereocenters. The molecule has 0 aliphatic carbocycles. The highest BCUT2D eigenvalue weighted by Gasteiger charge is 1.98. The Balaban J connectivity index is 1.86. The van der Waals surface area contributed by atoms with E-state index in [-0.39, 0.29) is 0 Å². The zero-order valence-corrected chi connectivity index (χ0v) is 11.2.